The third-order valence-electron chi connectivity index (χ3n) is 9.59. The molecule has 4 aliphatic rings. The molecule has 1 N–H and O–H groups in total. The first kappa shape index (κ1) is 29.3. The largest absolute Gasteiger partial charge is 0.396 e. The highest BCUT2D eigenvalue weighted by atomic mass is 16.5. The summed E-state index contributed by atoms with van der Waals surface area (Å²) in [5.74, 6) is -2.22. The van der Waals surface area contributed by atoms with Gasteiger partial charge in [-0.2, -0.15) is 0 Å². The number of aliphatic hydroxyl groups is 1. The number of carbonyl (C=O) groups is 3. The Morgan fingerprint density at radius 3 is 2.33 bits per heavy atom. The van der Waals surface area contributed by atoms with E-state index < -0.39 is 29.1 Å². The zero-order chi connectivity index (χ0) is 30.4. The van der Waals surface area contributed by atoms with Gasteiger partial charge in [-0.1, -0.05) is 67.5 Å². The van der Waals surface area contributed by atoms with Crippen LogP contribution >= 0.6 is 0 Å². The molecule has 2 fully saturated rings. The van der Waals surface area contributed by atoms with Crippen molar-refractivity contribution in [1.82, 2.24) is 4.90 Å². The fraction of sp³-hybridized carbons (Fsp3) is 0.457. The van der Waals surface area contributed by atoms with Gasteiger partial charge in [0, 0.05) is 37.6 Å². The molecule has 5 atom stereocenters. The van der Waals surface area contributed by atoms with Crippen LogP contribution in [-0.2, 0) is 19.1 Å². The summed E-state index contributed by atoms with van der Waals surface area (Å²) in [5, 5.41) is 9.23. The first-order chi connectivity index (χ1) is 20.7. The molecular formula is C35H41N3O5. The molecule has 2 aromatic carbocycles. The van der Waals surface area contributed by atoms with E-state index >= 15 is 0 Å². The van der Waals surface area contributed by atoms with Gasteiger partial charge in [-0.05, 0) is 62.9 Å². The molecule has 0 aromatic heterocycles. The molecule has 0 radical (unpaired) electrons. The highest BCUT2D eigenvalue weighted by molar-refractivity contribution is 6.07. The number of ether oxygens (including phenoxy) is 1. The van der Waals surface area contributed by atoms with E-state index in [0.29, 0.717) is 32.5 Å². The minimum absolute atomic E-state index is 0.131. The van der Waals surface area contributed by atoms with E-state index in [4.69, 9.17) is 4.74 Å². The number of para-hydroxylation sites is 1. The van der Waals surface area contributed by atoms with E-state index in [-0.39, 0.29) is 24.3 Å². The normalized spacial score (nSPS) is 29.9. The van der Waals surface area contributed by atoms with E-state index in [9.17, 15) is 19.5 Å². The average Bonchev–Trinajstić information content (AvgIpc) is 3.25. The standard InChI is InChI=1S/C35H41N3O5/c1-24-15-16-25(2)27(23-24)37-21-12-18-35-29(32(41)38(30(35)33(37)42)19-9-4-5-10-22-39)28-31(40)36(26-13-7-6-8-14-26)20-11-17-34(28,3)43-35/h6-8,11-18,23,28-30,39H,4-5,9-10,19-22H2,1-3H3/t28-,29-,30?,34+,35-/m0/s1. The molecule has 2 aromatic rings. The van der Waals surface area contributed by atoms with Crippen LogP contribution in [0.1, 0.15) is 43.7 Å². The number of amides is 3. The molecule has 4 aliphatic heterocycles. The number of hydrogen-bond acceptors (Lipinski definition) is 5. The van der Waals surface area contributed by atoms with Gasteiger partial charge in [-0.25, -0.2) is 0 Å². The molecule has 6 rings (SSSR count). The Kier molecular flexibility index (Phi) is 7.77. The van der Waals surface area contributed by atoms with Crippen molar-refractivity contribution in [2.24, 2.45) is 11.8 Å². The van der Waals surface area contributed by atoms with Gasteiger partial charge in [0.05, 0.1) is 17.4 Å². The zero-order valence-electron chi connectivity index (χ0n) is 25.2. The maximum Gasteiger partial charge on any atom is 0.253 e. The second-order valence-corrected chi connectivity index (χ2v) is 12.5. The average molecular weight is 584 g/mol. The van der Waals surface area contributed by atoms with Gasteiger partial charge >= 0.3 is 0 Å². The van der Waals surface area contributed by atoms with Crippen molar-refractivity contribution in [2.75, 3.05) is 36.0 Å². The number of nitrogens with zero attached hydrogens (tertiary/aromatic N) is 3. The second-order valence-electron chi connectivity index (χ2n) is 12.5. The van der Waals surface area contributed by atoms with Gasteiger partial charge in [-0.15, -0.1) is 0 Å². The summed E-state index contributed by atoms with van der Waals surface area (Å²) in [6, 6.07) is 14.6. The van der Waals surface area contributed by atoms with Gasteiger partial charge in [0.25, 0.3) is 5.91 Å². The topological polar surface area (TPSA) is 90.4 Å². The number of rotatable bonds is 8. The van der Waals surface area contributed by atoms with Crippen LogP contribution in [0.5, 0.6) is 0 Å². The molecular weight excluding hydrogens is 542 g/mol. The van der Waals surface area contributed by atoms with Crippen LogP contribution in [0.2, 0.25) is 0 Å². The summed E-state index contributed by atoms with van der Waals surface area (Å²) in [7, 11) is 0. The van der Waals surface area contributed by atoms with Crippen molar-refractivity contribution in [1.29, 1.82) is 0 Å². The predicted molar refractivity (Wildman–Crippen MR) is 166 cm³/mol. The molecule has 3 amide bonds. The van der Waals surface area contributed by atoms with Crippen LogP contribution in [0.15, 0.2) is 72.8 Å². The number of aliphatic hydroxyl groups excluding tert-OH is 1. The van der Waals surface area contributed by atoms with Crippen LogP contribution in [0, 0.1) is 25.7 Å². The summed E-state index contributed by atoms with van der Waals surface area (Å²) in [6.45, 7) is 7.10. The quantitative estimate of drug-likeness (QED) is 0.369. The first-order valence-electron chi connectivity index (χ1n) is 15.4. The first-order valence-corrected chi connectivity index (χ1v) is 15.4. The van der Waals surface area contributed by atoms with Gasteiger partial charge < -0.3 is 24.5 Å². The smallest absolute Gasteiger partial charge is 0.253 e. The summed E-state index contributed by atoms with van der Waals surface area (Å²) < 4.78 is 6.97. The van der Waals surface area contributed by atoms with E-state index in [2.05, 4.69) is 0 Å². The molecule has 2 saturated heterocycles. The maximum absolute atomic E-state index is 14.7. The molecule has 226 valence electrons. The van der Waals surface area contributed by atoms with E-state index in [1.165, 1.54) is 0 Å². The molecule has 0 saturated carbocycles. The molecule has 4 heterocycles. The number of likely N-dealkylation sites (tertiary alicyclic amines) is 1. The number of carbonyl (C=O) groups excluding carboxylic acids is 3. The third kappa shape index (κ3) is 4.81. The lowest BCUT2D eigenvalue weighted by atomic mass is 9.74. The fourth-order valence-corrected chi connectivity index (χ4v) is 7.58. The van der Waals surface area contributed by atoms with Crippen molar-refractivity contribution >= 4 is 29.1 Å². The van der Waals surface area contributed by atoms with Crippen molar-refractivity contribution < 1.29 is 24.2 Å². The predicted octanol–water partition coefficient (Wildman–Crippen LogP) is 4.33. The molecule has 1 spiro atoms. The molecule has 43 heavy (non-hydrogen) atoms. The summed E-state index contributed by atoms with van der Waals surface area (Å²) in [5.41, 5.74) is 1.24. The van der Waals surface area contributed by atoms with Gasteiger partial charge in [-0.3, -0.25) is 14.4 Å². The number of hydrogen-bond donors (Lipinski definition) is 1. The van der Waals surface area contributed by atoms with E-state index in [0.717, 1.165) is 35.3 Å². The van der Waals surface area contributed by atoms with E-state index in [1.54, 1.807) is 14.7 Å². The lowest BCUT2D eigenvalue weighted by Gasteiger charge is -2.37. The van der Waals surface area contributed by atoms with Crippen molar-refractivity contribution in [3.05, 3.63) is 84.0 Å². The number of benzene rings is 2. The molecule has 8 heteroatoms. The number of unbranched alkanes of at least 4 members (excludes halogenated alkanes) is 3. The molecule has 8 nitrogen and oxygen atoms in total. The zero-order valence-corrected chi connectivity index (χ0v) is 25.2. The van der Waals surface area contributed by atoms with Crippen molar-refractivity contribution in [3.63, 3.8) is 0 Å². The van der Waals surface area contributed by atoms with Crippen LogP contribution in [0.3, 0.4) is 0 Å². The molecule has 1 unspecified atom stereocenters. The summed E-state index contributed by atoms with van der Waals surface area (Å²) >= 11 is 0. The van der Waals surface area contributed by atoms with Gasteiger partial charge in [0.15, 0.2) is 0 Å². The molecule has 0 bridgehead atoms. The number of fused-ring (bicyclic) bond motifs is 2. The van der Waals surface area contributed by atoms with Crippen LogP contribution in [0.25, 0.3) is 0 Å². The lowest BCUT2D eigenvalue weighted by molar-refractivity contribution is -0.144. The lowest BCUT2D eigenvalue weighted by Crippen LogP contribution is -2.56. The number of aryl methyl sites for hydroxylation is 2. The number of anilines is 2. The van der Waals surface area contributed by atoms with Crippen molar-refractivity contribution in [3.8, 4) is 0 Å². The Hall–Kier alpha value is -3.75. The van der Waals surface area contributed by atoms with Crippen LogP contribution in [0.4, 0.5) is 11.4 Å². The van der Waals surface area contributed by atoms with Crippen molar-refractivity contribution in [2.45, 2.75) is 63.7 Å². The highest BCUT2D eigenvalue weighted by Gasteiger charge is 2.74. The monoisotopic (exact) mass is 583 g/mol. The Morgan fingerprint density at radius 1 is 0.837 bits per heavy atom. The summed E-state index contributed by atoms with van der Waals surface area (Å²) in [4.78, 5) is 49.0. The Morgan fingerprint density at radius 2 is 1.56 bits per heavy atom. The minimum atomic E-state index is -1.29. The van der Waals surface area contributed by atoms with Gasteiger partial charge in [0.2, 0.25) is 11.8 Å². The van der Waals surface area contributed by atoms with Gasteiger partial charge in [0.1, 0.15) is 11.6 Å². The minimum Gasteiger partial charge on any atom is -0.396 e. The van der Waals surface area contributed by atoms with E-state index in [1.807, 2.05) is 93.6 Å². The maximum atomic E-state index is 14.7. The fourth-order valence-electron chi connectivity index (χ4n) is 7.58. The summed E-state index contributed by atoms with van der Waals surface area (Å²) in [6.07, 6.45) is 10.7. The van der Waals surface area contributed by atoms with Crippen LogP contribution < -0.4 is 9.80 Å². The van der Waals surface area contributed by atoms with Crippen LogP contribution in [-0.4, -0.2) is 71.2 Å². The SMILES string of the molecule is Cc1ccc(C)c(N2CC=C[C@]34O[C@]5(C)C=CCN(c6ccccc6)C(=O)[C@@H]5[C@H]3C(=O)N(CCCCCCO)C4C2=O)c1. The second kappa shape index (κ2) is 11.4. The third-order valence-corrected chi connectivity index (χ3v) is 9.59. The Labute approximate surface area is 253 Å². The molecule has 0 aliphatic carbocycles. The Bertz CT molecular complexity index is 1470. The Balaban J connectivity index is 1.43. The highest BCUT2D eigenvalue weighted by Crippen LogP contribution is 2.57.